The Labute approximate surface area is 156 Å². The fraction of sp³-hybridized carbons (Fsp3) is 0.211. The number of hydrogen-bond acceptors (Lipinski definition) is 7. The van der Waals surface area contributed by atoms with Crippen LogP contribution in [0.5, 0.6) is 17.2 Å². The maximum Gasteiger partial charge on any atom is 0.248 e. The van der Waals surface area contributed by atoms with E-state index in [9.17, 15) is 0 Å². The number of nitrogens with one attached hydrogen (secondary N) is 1. The number of ether oxygens (including phenoxy) is 3. The molecule has 1 aliphatic rings. The number of methoxy groups -OCH3 is 3. The van der Waals surface area contributed by atoms with E-state index in [4.69, 9.17) is 14.2 Å². The SMILES string of the molecule is COc1ccc(C2=CC(c3ccc(OC)c(OC)c3)n3nnnc3N2)cc1. The molecule has 27 heavy (non-hydrogen) atoms. The van der Waals surface area contributed by atoms with Crippen LogP contribution in [0, 0.1) is 0 Å². The summed E-state index contributed by atoms with van der Waals surface area (Å²) in [6.07, 6.45) is 2.08. The number of allylic oxidation sites excluding steroid dienone is 1. The monoisotopic (exact) mass is 365 g/mol. The molecular weight excluding hydrogens is 346 g/mol. The van der Waals surface area contributed by atoms with Gasteiger partial charge >= 0.3 is 0 Å². The number of rotatable bonds is 5. The smallest absolute Gasteiger partial charge is 0.248 e. The minimum Gasteiger partial charge on any atom is -0.497 e. The Morgan fingerprint density at radius 2 is 1.70 bits per heavy atom. The summed E-state index contributed by atoms with van der Waals surface area (Å²) < 4.78 is 17.7. The quantitative estimate of drug-likeness (QED) is 0.744. The molecule has 1 aliphatic heterocycles. The van der Waals surface area contributed by atoms with Crippen LogP contribution in [0.2, 0.25) is 0 Å². The van der Waals surface area contributed by atoms with Crippen LogP contribution in [0.4, 0.5) is 5.95 Å². The van der Waals surface area contributed by atoms with E-state index >= 15 is 0 Å². The molecule has 1 unspecified atom stereocenters. The first-order valence-electron chi connectivity index (χ1n) is 8.36. The van der Waals surface area contributed by atoms with Gasteiger partial charge < -0.3 is 19.5 Å². The number of hydrogen-bond donors (Lipinski definition) is 1. The van der Waals surface area contributed by atoms with Gasteiger partial charge in [0.2, 0.25) is 5.95 Å². The average Bonchev–Trinajstić information content (AvgIpc) is 3.21. The summed E-state index contributed by atoms with van der Waals surface area (Å²) >= 11 is 0. The Morgan fingerprint density at radius 3 is 2.41 bits per heavy atom. The van der Waals surface area contributed by atoms with Crippen molar-refractivity contribution in [3.8, 4) is 17.2 Å². The van der Waals surface area contributed by atoms with Crippen molar-refractivity contribution >= 4 is 11.6 Å². The fourth-order valence-corrected chi connectivity index (χ4v) is 3.07. The highest BCUT2D eigenvalue weighted by molar-refractivity contribution is 5.77. The zero-order chi connectivity index (χ0) is 18.8. The molecule has 0 fully saturated rings. The van der Waals surface area contributed by atoms with Gasteiger partial charge in [-0.2, -0.15) is 4.68 Å². The molecule has 3 aromatic rings. The van der Waals surface area contributed by atoms with Gasteiger partial charge in [0.25, 0.3) is 0 Å². The van der Waals surface area contributed by atoms with Crippen LogP contribution in [-0.4, -0.2) is 41.5 Å². The molecule has 2 aromatic carbocycles. The summed E-state index contributed by atoms with van der Waals surface area (Å²) in [6.45, 7) is 0. The molecular formula is C19H19N5O3. The topological polar surface area (TPSA) is 83.3 Å². The van der Waals surface area contributed by atoms with Crippen LogP contribution in [0.1, 0.15) is 17.2 Å². The molecule has 8 nitrogen and oxygen atoms in total. The van der Waals surface area contributed by atoms with Gasteiger partial charge in [0.05, 0.1) is 21.3 Å². The van der Waals surface area contributed by atoms with Gasteiger partial charge in [-0.05, 0) is 64.0 Å². The van der Waals surface area contributed by atoms with E-state index in [0.29, 0.717) is 17.4 Å². The molecule has 0 saturated carbocycles. The molecule has 2 heterocycles. The number of benzene rings is 2. The Balaban J connectivity index is 1.77. The molecule has 0 saturated heterocycles. The maximum absolute atomic E-state index is 5.44. The summed E-state index contributed by atoms with van der Waals surface area (Å²) in [7, 11) is 4.88. The van der Waals surface area contributed by atoms with Crippen molar-refractivity contribution in [3.05, 3.63) is 59.7 Å². The van der Waals surface area contributed by atoms with Crippen molar-refractivity contribution in [2.24, 2.45) is 0 Å². The summed E-state index contributed by atoms with van der Waals surface area (Å²) in [5.74, 6) is 2.70. The van der Waals surface area contributed by atoms with Gasteiger partial charge in [0.1, 0.15) is 11.8 Å². The summed E-state index contributed by atoms with van der Waals surface area (Å²) in [5, 5.41) is 15.3. The first-order valence-corrected chi connectivity index (χ1v) is 8.36. The van der Waals surface area contributed by atoms with E-state index in [1.54, 1.807) is 26.0 Å². The van der Waals surface area contributed by atoms with Crippen LogP contribution >= 0.6 is 0 Å². The van der Waals surface area contributed by atoms with Gasteiger partial charge in [-0.1, -0.05) is 11.2 Å². The molecule has 1 N–H and O–H groups in total. The fourth-order valence-electron chi connectivity index (χ4n) is 3.07. The second-order valence-electron chi connectivity index (χ2n) is 5.94. The minimum atomic E-state index is -0.187. The molecule has 0 aliphatic carbocycles. The second-order valence-corrected chi connectivity index (χ2v) is 5.94. The highest BCUT2D eigenvalue weighted by atomic mass is 16.5. The van der Waals surface area contributed by atoms with E-state index in [1.807, 2.05) is 42.5 Å². The third-order valence-electron chi connectivity index (χ3n) is 4.48. The molecule has 1 aromatic heterocycles. The minimum absolute atomic E-state index is 0.187. The van der Waals surface area contributed by atoms with Crippen LogP contribution in [-0.2, 0) is 0 Å². The lowest BCUT2D eigenvalue weighted by atomic mass is 10.0. The predicted molar refractivity (Wildman–Crippen MR) is 100 cm³/mol. The van der Waals surface area contributed by atoms with E-state index in [-0.39, 0.29) is 6.04 Å². The van der Waals surface area contributed by atoms with Crippen LogP contribution in [0.3, 0.4) is 0 Å². The van der Waals surface area contributed by atoms with Crippen LogP contribution in [0.15, 0.2) is 48.5 Å². The second kappa shape index (κ2) is 6.99. The van der Waals surface area contributed by atoms with Crippen molar-refractivity contribution in [2.75, 3.05) is 26.6 Å². The number of tetrazole rings is 1. The lowest BCUT2D eigenvalue weighted by molar-refractivity contribution is 0.354. The largest absolute Gasteiger partial charge is 0.497 e. The van der Waals surface area contributed by atoms with Gasteiger partial charge in [-0.25, -0.2) is 0 Å². The van der Waals surface area contributed by atoms with E-state index < -0.39 is 0 Å². The van der Waals surface area contributed by atoms with Crippen LogP contribution in [0.25, 0.3) is 5.70 Å². The predicted octanol–water partition coefficient (Wildman–Crippen LogP) is 2.75. The van der Waals surface area contributed by atoms with Crippen molar-refractivity contribution in [2.45, 2.75) is 6.04 Å². The number of fused-ring (bicyclic) bond motifs is 1. The first kappa shape index (κ1) is 16.9. The summed E-state index contributed by atoms with van der Waals surface area (Å²) in [4.78, 5) is 0. The number of aromatic nitrogens is 4. The lowest BCUT2D eigenvalue weighted by Gasteiger charge is -2.24. The molecule has 1 atom stereocenters. The standard InChI is InChI=1S/C19H19N5O3/c1-25-14-7-4-12(5-8-14)15-11-16(24-19(20-15)21-22-23-24)13-6-9-17(26-2)18(10-13)27-3/h4-11,16H,1-3H3,(H,20,21,23). The van der Waals surface area contributed by atoms with Crippen LogP contribution < -0.4 is 19.5 Å². The van der Waals surface area contributed by atoms with Crippen molar-refractivity contribution < 1.29 is 14.2 Å². The van der Waals surface area contributed by atoms with Crippen molar-refractivity contribution in [1.82, 2.24) is 20.2 Å². The molecule has 138 valence electrons. The highest BCUT2D eigenvalue weighted by Gasteiger charge is 2.25. The molecule has 0 bridgehead atoms. The Hall–Kier alpha value is -3.55. The van der Waals surface area contributed by atoms with Crippen molar-refractivity contribution in [1.29, 1.82) is 0 Å². The van der Waals surface area contributed by atoms with Gasteiger partial charge in [-0.3, -0.25) is 0 Å². The zero-order valence-electron chi connectivity index (χ0n) is 15.2. The average molecular weight is 365 g/mol. The summed E-state index contributed by atoms with van der Waals surface area (Å²) in [6, 6.07) is 13.4. The maximum atomic E-state index is 5.44. The first-order chi connectivity index (χ1) is 13.2. The van der Waals surface area contributed by atoms with Gasteiger partial charge in [0, 0.05) is 5.70 Å². The third-order valence-corrected chi connectivity index (χ3v) is 4.48. The number of anilines is 1. The Kier molecular flexibility index (Phi) is 4.37. The van der Waals surface area contributed by atoms with Gasteiger partial charge in [-0.15, -0.1) is 0 Å². The molecule has 8 heteroatoms. The highest BCUT2D eigenvalue weighted by Crippen LogP contribution is 2.36. The Morgan fingerprint density at radius 1 is 0.926 bits per heavy atom. The normalized spacial score (nSPS) is 15.4. The molecule has 0 radical (unpaired) electrons. The Bertz CT molecular complexity index is 981. The zero-order valence-corrected chi connectivity index (χ0v) is 15.2. The molecule has 0 spiro atoms. The van der Waals surface area contributed by atoms with Crippen molar-refractivity contribution in [3.63, 3.8) is 0 Å². The summed E-state index contributed by atoms with van der Waals surface area (Å²) in [5.41, 5.74) is 2.91. The molecule has 4 rings (SSSR count). The van der Waals surface area contributed by atoms with E-state index in [2.05, 4.69) is 26.9 Å². The lowest BCUT2D eigenvalue weighted by Crippen LogP contribution is -2.20. The third kappa shape index (κ3) is 3.05. The number of nitrogens with zero attached hydrogens (tertiary/aromatic N) is 4. The molecule has 0 amide bonds. The van der Waals surface area contributed by atoms with E-state index in [1.165, 1.54) is 0 Å². The van der Waals surface area contributed by atoms with E-state index in [0.717, 1.165) is 22.6 Å². The van der Waals surface area contributed by atoms with Gasteiger partial charge in [0.15, 0.2) is 11.5 Å².